The second-order valence-corrected chi connectivity index (χ2v) is 9.70. The summed E-state index contributed by atoms with van der Waals surface area (Å²) in [6.07, 6.45) is -3.69. The Kier molecular flexibility index (Phi) is 7.55. The molecule has 12 heteroatoms. The highest BCUT2D eigenvalue weighted by Crippen LogP contribution is 2.19. The van der Waals surface area contributed by atoms with Gasteiger partial charge in [0.15, 0.2) is 0 Å². The Morgan fingerprint density at radius 1 is 0.871 bits per heavy atom. The summed E-state index contributed by atoms with van der Waals surface area (Å²) in [5, 5.41) is 0. The van der Waals surface area contributed by atoms with E-state index >= 15 is 0 Å². The molecule has 0 radical (unpaired) electrons. The summed E-state index contributed by atoms with van der Waals surface area (Å²) in [7, 11) is -3.76. The molecule has 1 aromatic carbocycles. The van der Waals surface area contributed by atoms with Crippen LogP contribution in [0.5, 0.6) is 0 Å². The smallest absolute Gasteiger partial charge is 0.339 e. The van der Waals surface area contributed by atoms with Crippen molar-refractivity contribution in [2.75, 3.05) is 65.4 Å². The molecule has 2 aliphatic heterocycles. The van der Waals surface area contributed by atoms with Crippen molar-refractivity contribution in [2.45, 2.75) is 17.5 Å². The quantitative estimate of drug-likeness (QED) is 0.611. The van der Waals surface area contributed by atoms with Crippen LogP contribution in [-0.2, 0) is 14.8 Å². The Morgan fingerprint density at radius 3 is 2.06 bits per heavy atom. The Labute approximate surface area is 179 Å². The van der Waals surface area contributed by atoms with Crippen molar-refractivity contribution in [1.29, 1.82) is 0 Å². The van der Waals surface area contributed by atoms with Crippen molar-refractivity contribution < 1.29 is 30.8 Å². The number of benzene rings is 1. The van der Waals surface area contributed by atoms with E-state index in [-0.39, 0.29) is 50.1 Å². The van der Waals surface area contributed by atoms with E-state index in [0.29, 0.717) is 26.1 Å². The number of alkyl halides is 3. The van der Waals surface area contributed by atoms with Gasteiger partial charge in [-0.1, -0.05) is 0 Å². The number of carbonyl (C=O) groups excluding carboxylic acids is 1. The van der Waals surface area contributed by atoms with Crippen molar-refractivity contribution in [1.82, 2.24) is 19.0 Å². The molecule has 7 nitrogen and oxygen atoms in total. The Morgan fingerprint density at radius 2 is 1.45 bits per heavy atom. The summed E-state index contributed by atoms with van der Waals surface area (Å²) in [5.74, 6) is -0.687. The number of amides is 1. The standard InChI is InChI=1S/C19H26F4N4O3S/c20-16-2-4-17(5-3-16)31(29,30)27-12-10-26(11-13-27)18(28)14-24-6-1-7-25(9-8-24)15-19(21,22)23/h2-5H,1,6-15H2. The van der Waals surface area contributed by atoms with Crippen molar-refractivity contribution in [2.24, 2.45) is 0 Å². The molecule has 0 saturated carbocycles. The van der Waals surface area contributed by atoms with Gasteiger partial charge in [-0.05, 0) is 43.8 Å². The van der Waals surface area contributed by atoms with Gasteiger partial charge in [0, 0.05) is 39.3 Å². The molecule has 3 rings (SSSR count). The Hall–Kier alpha value is -1.76. The summed E-state index contributed by atoms with van der Waals surface area (Å²) in [4.78, 5) is 17.4. The maximum atomic E-state index is 13.1. The minimum absolute atomic E-state index is 0.00153. The van der Waals surface area contributed by atoms with Crippen LogP contribution < -0.4 is 0 Å². The highest BCUT2D eigenvalue weighted by atomic mass is 32.2. The molecule has 0 N–H and O–H groups in total. The van der Waals surface area contributed by atoms with Gasteiger partial charge >= 0.3 is 6.18 Å². The van der Waals surface area contributed by atoms with Crippen molar-refractivity contribution in [3.8, 4) is 0 Å². The second kappa shape index (κ2) is 9.80. The highest BCUT2D eigenvalue weighted by Gasteiger charge is 2.33. The van der Waals surface area contributed by atoms with E-state index in [0.717, 1.165) is 12.1 Å². The molecule has 0 aliphatic carbocycles. The van der Waals surface area contributed by atoms with Gasteiger partial charge in [-0.3, -0.25) is 14.6 Å². The minimum atomic E-state index is -4.24. The van der Waals surface area contributed by atoms with E-state index < -0.39 is 28.6 Å². The van der Waals surface area contributed by atoms with Crippen LogP contribution in [0.15, 0.2) is 29.2 Å². The zero-order valence-electron chi connectivity index (χ0n) is 17.0. The number of hydrogen-bond donors (Lipinski definition) is 0. The monoisotopic (exact) mass is 466 g/mol. The topological polar surface area (TPSA) is 64.2 Å². The molecule has 2 saturated heterocycles. The molecule has 2 aliphatic rings. The fraction of sp³-hybridized carbons (Fsp3) is 0.632. The number of piperazine rings is 1. The molecule has 2 fully saturated rings. The molecule has 0 atom stereocenters. The molecule has 31 heavy (non-hydrogen) atoms. The molecule has 174 valence electrons. The minimum Gasteiger partial charge on any atom is -0.339 e. The lowest BCUT2D eigenvalue weighted by Gasteiger charge is -2.35. The molecule has 2 heterocycles. The molecule has 0 bridgehead atoms. The third-order valence-corrected chi connectivity index (χ3v) is 7.40. The van der Waals surface area contributed by atoms with Crippen LogP contribution in [0.4, 0.5) is 17.6 Å². The van der Waals surface area contributed by atoms with Crippen LogP contribution in [-0.4, -0.2) is 105 Å². The van der Waals surface area contributed by atoms with Gasteiger partial charge < -0.3 is 4.90 Å². The number of halogens is 4. The van der Waals surface area contributed by atoms with Gasteiger partial charge in [-0.15, -0.1) is 0 Å². The van der Waals surface area contributed by atoms with Gasteiger partial charge in [-0.2, -0.15) is 17.5 Å². The van der Waals surface area contributed by atoms with Gasteiger partial charge in [0.25, 0.3) is 0 Å². The van der Waals surface area contributed by atoms with Gasteiger partial charge in [0.1, 0.15) is 5.82 Å². The summed E-state index contributed by atoms with van der Waals surface area (Å²) in [5.41, 5.74) is 0. The zero-order chi connectivity index (χ0) is 22.6. The lowest BCUT2D eigenvalue weighted by molar-refractivity contribution is -0.145. The summed E-state index contributed by atoms with van der Waals surface area (Å²) in [6, 6.07) is 4.60. The van der Waals surface area contributed by atoms with Crippen LogP contribution in [0.25, 0.3) is 0 Å². The SMILES string of the molecule is O=C(CN1CCCN(CC(F)(F)F)CC1)N1CCN(S(=O)(=O)c2ccc(F)cc2)CC1. The average Bonchev–Trinajstić information content (AvgIpc) is 2.92. The van der Waals surface area contributed by atoms with E-state index in [1.807, 2.05) is 4.90 Å². The largest absolute Gasteiger partial charge is 0.401 e. The Bertz CT molecular complexity index is 856. The zero-order valence-corrected chi connectivity index (χ0v) is 17.8. The maximum absolute atomic E-state index is 13.1. The molecule has 1 amide bonds. The van der Waals surface area contributed by atoms with Crippen LogP contribution in [0, 0.1) is 5.82 Å². The number of rotatable bonds is 5. The van der Waals surface area contributed by atoms with E-state index in [1.165, 1.54) is 21.3 Å². The fourth-order valence-electron chi connectivity index (χ4n) is 3.82. The number of sulfonamides is 1. The highest BCUT2D eigenvalue weighted by molar-refractivity contribution is 7.89. The predicted octanol–water partition coefficient (Wildman–Crippen LogP) is 1.23. The van der Waals surface area contributed by atoms with Crippen LogP contribution in [0.2, 0.25) is 0 Å². The third kappa shape index (κ3) is 6.61. The van der Waals surface area contributed by atoms with Crippen LogP contribution >= 0.6 is 0 Å². The van der Waals surface area contributed by atoms with Gasteiger partial charge in [0.05, 0.1) is 18.0 Å². The first kappa shape index (κ1) is 23.9. The first-order valence-corrected chi connectivity index (χ1v) is 11.5. The van der Waals surface area contributed by atoms with E-state index in [2.05, 4.69) is 0 Å². The Balaban J connectivity index is 1.48. The van der Waals surface area contributed by atoms with E-state index in [1.54, 1.807) is 4.90 Å². The second-order valence-electron chi connectivity index (χ2n) is 7.76. The molecular weight excluding hydrogens is 440 g/mol. The number of nitrogens with zero attached hydrogens (tertiary/aromatic N) is 4. The first-order valence-electron chi connectivity index (χ1n) is 10.1. The molecule has 0 unspecified atom stereocenters. The fourth-order valence-corrected chi connectivity index (χ4v) is 5.24. The average molecular weight is 467 g/mol. The van der Waals surface area contributed by atoms with Crippen molar-refractivity contribution in [3.63, 3.8) is 0 Å². The summed E-state index contributed by atoms with van der Waals surface area (Å²) < 4.78 is 77.4. The molecule has 0 aromatic heterocycles. The number of hydrogen-bond acceptors (Lipinski definition) is 5. The molecule has 0 spiro atoms. The lowest BCUT2D eigenvalue weighted by Crippen LogP contribution is -2.52. The molecule has 1 aromatic rings. The lowest BCUT2D eigenvalue weighted by atomic mass is 10.3. The van der Waals surface area contributed by atoms with Crippen molar-refractivity contribution >= 4 is 15.9 Å². The normalized spacial score (nSPS) is 20.6. The maximum Gasteiger partial charge on any atom is 0.401 e. The van der Waals surface area contributed by atoms with Gasteiger partial charge in [-0.25, -0.2) is 12.8 Å². The molecular formula is C19H26F4N4O3S. The van der Waals surface area contributed by atoms with Crippen molar-refractivity contribution in [3.05, 3.63) is 30.1 Å². The van der Waals surface area contributed by atoms with Crippen LogP contribution in [0.3, 0.4) is 0 Å². The van der Waals surface area contributed by atoms with Gasteiger partial charge in [0.2, 0.25) is 15.9 Å². The van der Waals surface area contributed by atoms with E-state index in [9.17, 15) is 30.8 Å². The summed E-state index contributed by atoms with van der Waals surface area (Å²) in [6.45, 7) is 1.38. The van der Waals surface area contributed by atoms with E-state index in [4.69, 9.17) is 0 Å². The first-order chi connectivity index (χ1) is 14.5. The summed E-state index contributed by atoms with van der Waals surface area (Å²) >= 11 is 0. The predicted molar refractivity (Wildman–Crippen MR) is 105 cm³/mol. The number of carbonyl (C=O) groups is 1. The van der Waals surface area contributed by atoms with Crippen LogP contribution in [0.1, 0.15) is 6.42 Å². The third-order valence-electron chi connectivity index (χ3n) is 5.49.